The highest BCUT2D eigenvalue weighted by Crippen LogP contribution is 2.09. The molecule has 1 amide bonds. The fourth-order valence-corrected chi connectivity index (χ4v) is 2.10. The number of rotatable bonds is 13. The molecule has 120 valence electrons. The van der Waals surface area contributed by atoms with Crippen molar-refractivity contribution in [1.82, 2.24) is 0 Å². The van der Waals surface area contributed by atoms with E-state index in [-0.39, 0.29) is 12.0 Å². The van der Waals surface area contributed by atoms with Gasteiger partial charge in [-0.25, -0.2) is 0 Å². The molecule has 0 spiro atoms. The van der Waals surface area contributed by atoms with E-state index < -0.39 is 0 Å². The number of carbonyl (C=O) groups is 1. The molecule has 0 aromatic heterocycles. The predicted octanol–water partition coefficient (Wildman–Crippen LogP) is 5.05. The first-order valence-corrected chi connectivity index (χ1v) is 8.11. The Kier molecular flexibility index (Phi) is 14.1. The van der Waals surface area contributed by atoms with E-state index in [1.54, 1.807) is 0 Å². The van der Waals surface area contributed by atoms with E-state index >= 15 is 0 Å². The summed E-state index contributed by atoms with van der Waals surface area (Å²) in [6, 6.07) is 0. The Bertz CT molecular complexity index is 336. The normalized spacial score (nSPS) is 12.3. The Balaban J connectivity index is 3.32. The molecule has 1 unspecified atom stereocenters. The molecule has 1 N–H and O–H groups in total. The van der Waals surface area contributed by atoms with Crippen LogP contribution in [0.15, 0.2) is 17.3 Å². The smallest absolute Gasteiger partial charge is 0.218 e. The first-order chi connectivity index (χ1) is 10.2. The summed E-state index contributed by atoms with van der Waals surface area (Å²) < 4.78 is 0. The minimum absolute atomic E-state index is 0.185. The van der Waals surface area contributed by atoms with E-state index in [4.69, 9.17) is 5.53 Å². The molecule has 0 radical (unpaired) electrons. The van der Waals surface area contributed by atoms with Gasteiger partial charge in [-0.05, 0) is 42.7 Å². The van der Waals surface area contributed by atoms with Gasteiger partial charge in [0.25, 0.3) is 0 Å². The zero-order valence-electron chi connectivity index (χ0n) is 13.2. The van der Waals surface area contributed by atoms with Crippen molar-refractivity contribution in [2.24, 2.45) is 5.11 Å². The summed E-state index contributed by atoms with van der Waals surface area (Å²) >= 11 is 0. The lowest BCUT2D eigenvalue weighted by Gasteiger charge is -2.05. The van der Waals surface area contributed by atoms with Crippen LogP contribution in [0.1, 0.15) is 77.6 Å². The van der Waals surface area contributed by atoms with E-state index in [9.17, 15) is 9.90 Å². The molecule has 0 aromatic carbocycles. The van der Waals surface area contributed by atoms with Gasteiger partial charge in [-0.2, -0.15) is 0 Å². The van der Waals surface area contributed by atoms with Gasteiger partial charge >= 0.3 is 0 Å². The summed E-state index contributed by atoms with van der Waals surface area (Å²) in [6.45, 7) is 2.13. The van der Waals surface area contributed by atoms with Gasteiger partial charge in [0.2, 0.25) is 5.91 Å². The number of nitrogens with zero attached hydrogens (tertiary/aromatic N) is 3. The predicted molar refractivity (Wildman–Crippen MR) is 85.8 cm³/mol. The van der Waals surface area contributed by atoms with Gasteiger partial charge in [0.15, 0.2) is 0 Å². The zero-order chi connectivity index (χ0) is 15.8. The Morgan fingerprint density at radius 3 is 2.62 bits per heavy atom. The molecule has 0 saturated carbocycles. The Hall–Kier alpha value is -1.32. The van der Waals surface area contributed by atoms with Crippen LogP contribution < -0.4 is 0 Å². The highest BCUT2D eigenvalue weighted by atomic mass is 16.3. The van der Waals surface area contributed by atoms with Crippen molar-refractivity contribution in [3.05, 3.63) is 22.6 Å². The number of aliphatic hydroxyl groups is 1. The maximum atomic E-state index is 10.9. The van der Waals surface area contributed by atoms with Gasteiger partial charge in [-0.1, -0.05) is 51.2 Å². The van der Waals surface area contributed by atoms with E-state index in [0.717, 1.165) is 64.2 Å². The lowest BCUT2D eigenvalue weighted by molar-refractivity contribution is -0.118. The maximum absolute atomic E-state index is 10.9. The monoisotopic (exact) mass is 295 g/mol. The molecular formula is C16H29N3O2. The second kappa shape index (κ2) is 15.1. The highest BCUT2D eigenvalue weighted by molar-refractivity contribution is 5.76. The summed E-state index contributed by atoms with van der Waals surface area (Å²) in [4.78, 5) is 13.4. The molecule has 0 rings (SSSR count). The Morgan fingerprint density at radius 1 is 1.19 bits per heavy atom. The summed E-state index contributed by atoms with van der Waals surface area (Å²) in [5.74, 6) is -0.359. The molecule has 0 saturated heterocycles. The third-order valence-electron chi connectivity index (χ3n) is 3.38. The average Bonchev–Trinajstić information content (AvgIpc) is 2.47. The number of carbonyl (C=O) groups excluding carboxylic acids is 1. The van der Waals surface area contributed by atoms with Gasteiger partial charge in [-0.15, -0.1) is 0 Å². The minimum atomic E-state index is -0.359. The first kappa shape index (κ1) is 19.7. The molecule has 5 heteroatoms. The van der Waals surface area contributed by atoms with Crippen LogP contribution in [0.4, 0.5) is 0 Å². The number of hydrogen-bond donors (Lipinski definition) is 1. The Labute approximate surface area is 128 Å². The standard InChI is InChI=1S/C16H29N3O2/c1-2-3-12-15(20)13-10-8-6-4-5-7-9-11-14-16(21)18-19-17/h8,10,15,20H,2-7,9,11-14H2,1H3. The molecule has 0 heterocycles. The Morgan fingerprint density at radius 2 is 1.90 bits per heavy atom. The fraction of sp³-hybridized carbons (Fsp3) is 0.812. The van der Waals surface area contributed by atoms with Crippen molar-refractivity contribution in [1.29, 1.82) is 0 Å². The molecular weight excluding hydrogens is 266 g/mol. The quantitative estimate of drug-likeness (QED) is 0.169. The van der Waals surface area contributed by atoms with Crippen LogP contribution in [0.5, 0.6) is 0 Å². The van der Waals surface area contributed by atoms with Crippen molar-refractivity contribution in [2.75, 3.05) is 0 Å². The van der Waals surface area contributed by atoms with E-state index in [2.05, 4.69) is 29.1 Å². The summed E-state index contributed by atoms with van der Waals surface area (Å²) in [5.41, 5.74) is 8.07. The second-order valence-electron chi connectivity index (χ2n) is 5.39. The van der Waals surface area contributed by atoms with E-state index in [0.29, 0.717) is 6.42 Å². The van der Waals surface area contributed by atoms with Crippen LogP contribution in [0.3, 0.4) is 0 Å². The minimum Gasteiger partial charge on any atom is -0.393 e. The van der Waals surface area contributed by atoms with Gasteiger partial charge < -0.3 is 5.11 Å². The first-order valence-electron chi connectivity index (χ1n) is 8.11. The summed E-state index contributed by atoms with van der Waals surface area (Å²) in [6.07, 6.45) is 14.6. The topological polar surface area (TPSA) is 86.1 Å². The number of amides is 1. The van der Waals surface area contributed by atoms with Crippen LogP contribution in [0, 0.1) is 0 Å². The molecule has 0 aliphatic rings. The van der Waals surface area contributed by atoms with Gasteiger partial charge in [0.05, 0.1) is 6.10 Å². The van der Waals surface area contributed by atoms with Crippen molar-refractivity contribution in [2.45, 2.75) is 83.7 Å². The molecule has 5 nitrogen and oxygen atoms in total. The second-order valence-corrected chi connectivity index (χ2v) is 5.39. The molecule has 0 aromatic rings. The molecule has 0 aliphatic carbocycles. The highest BCUT2D eigenvalue weighted by Gasteiger charge is 1.99. The van der Waals surface area contributed by atoms with Crippen LogP contribution in [0.2, 0.25) is 0 Å². The molecule has 1 atom stereocenters. The molecule has 0 bridgehead atoms. The van der Waals surface area contributed by atoms with Crippen LogP contribution in [0.25, 0.3) is 10.4 Å². The van der Waals surface area contributed by atoms with Crippen LogP contribution in [-0.4, -0.2) is 17.1 Å². The van der Waals surface area contributed by atoms with Crippen molar-refractivity contribution >= 4 is 5.91 Å². The zero-order valence-corrected chi connectivity index (χ0v) is 13.2. The average molecular weight is 295 g/mol. The largest absolute Gasteiger partial charge is 0.393 e. The maximum Gasteiger partial charge on any atom is 0.218 e. The van der Waals surface area contributed by atoms with E-state index in [1.165, 1.54) is 0 Å². The van der Waals surface area contributed by atoms with Gasteiger partial charge in [-0.3, -0.25) is 4.79 Å². The molecule has 0 aliphatic heterocycles. The summed E-state index contributed by atoms with van der Waals surface area (Å²) in [5, 5.41) is 12.7. The van der Waals surface area contributed by atoms with Crippen molar-refractivity contribution in [3.8, 4) is 0 Å². The van der Waals surface area contributed by atoms with E-state index in [1.807, 2.05) is 0 Å². The fourth-order valence-electron chi connectivity index (χ4n) is 2.10. The third kappa shape index (κ3) is 14.9. The van der Waals surface area contributed by atoms with Crippen LogP contribution in [-0.2, 0) is 4.79 Å². The molecule has 21 heavy (non-hydrogen) atoms. The third-order valence-corrected chi connectivity index (χ3v) is 3.38. The van der Waals surface area contributed by atoms with Gasteiger partial charge in [0.1, 0.15) is 0 Å². The van der Waals surface area contributed by atoms with Crippen molar-refractivity contribution in [3.63, 3.8) is 0 Å². The lowest BCUT2D eigenvalue weighted by Crippen LogP contribution is -2.03. The number of hydrogen-bond acceptors (Lipinski definition) is 2. The molecule has 0 fully saturated rings. The van der Waals surface area contributed by atoms with Gasteiger partial charge in [0, 0.05) is 11.3 Å². The van der Waals surface area contributed by atoms with Crippen molar-refractivity contribution < 1.29 is 9.90 Å². The number of allylic oxidation sites excluding steroid dienone is 1. The lowest BCUT2D eigenvalue weighted by atomic mass is 10.1. The van der Waals surface area contributed by atoms with Crippen LogP contribution >= 0.6 is 0 Å². The summed E-state index contributed by atoms with van der Waals surface area (Å²) in [7, 11) is 0. The number of azide groups is 1. The number of unbranched alkanes of at least 4 members (excludes halogenated alkanes) is 6. The SMILES string of the molecule is CCCCC(O)CC=CCCCCCCCC(=O)N=[N+]=[N-]. The number of aliphatic hydroxyl groups excluding tert-OH is 1.